The molecule has 0 amide bonds. The molecule has 0 aliphatic carbocycles. The Balaban J connectivity index is 2.63. The first-order chi connectivity index (χ1) is 5.83. The van der Waals surface area contributed by atoms with Gasteiger partial charge in [-0.15, -0.1) is 0 Å². The summed E-state index contributed by atoms with van der Waals surface area (Å²) in [6.45, 7) is 2.02. The number of nitrogens with one attached hydrogen (secondary N) is 1. The van der Waals surface area contributed by atoms with E-state index in [1.54, 1.807) is 6.20 Å². The zero-order valence-electron chi connectivity index (χ0n) is 6.95. The highest BCUT2D eigenvalue weighted by Gasteiger charge is 1.86. The van der Waals surface area contributed by atoms with E-state index in [1.807, 2.05) is 31.2 Å². The van der Waals surface area contributed by atoms with E-state index in [4.69, 9.17) is 0 Å². The van der Waals surface area contributed by atoms with E-state index in [1.165, 1.54) is 11.6 Å². The second-order valence-electron chi connectivity index (χ2n) is 2.51. The van der Waals surface area contributed by atoms with Gasteiger partial charge >= 0.3 is 0 Å². The molecule has 12 heavy (non-hydrogen) atoms. The Labute approximate surface area is 71.9 Å². The highest BCUT2D eigenvalue weighted by molar-refractivity contribution is 5.65. The molecule has 0 saturated heterocycles. The molecule has 2 heteroatoms. The van der Waals surface area contributed by atoms with Crippen molar-refractivity contribution in [3.8, 4) is 0 Å². The van der Waals surface area contributed by atoms with Crippen molar-refractivity contribution < 1.29 is 4.79 Å². The van der Waals surface area contributed by atoms with Crippen molar-refractivity contribution in [2.45, 2.75) is 6.92 Å². The Hall–Kier alpha value is -1.57. The van der Waals surface area contributed by atoms with E-state index >= 15 is 0 Å². The molecule has 0 radical (unpaired) electrons. The molecule has 0 aliphatic heterocycles. The van der Waals surface area contributed by atoms with Gasteiger partial charge in [0.05, 0.1) is 0 Å². The number of hydrogen-bond acceptors (Lipinski definition) is 2. The average Bonchev–Trinajstić information content (AvgIpc) is 2.05. The van der Waals surface area contributed by atoms with E-state index < -0.39 is 0 Å². The first-order valence-electron chi connectivity index (χ1n) is 3.76. The molecule has 0 atom stereocenters. The second-order valence-corrected chi connectivity index (χ2v) is 2.51. The number of aldehydes is 1. The fourth-order valence-corrected chi connectivity index (χ4v) is 0.918. The van der Waals surface area contributed by atoms with Crippen LogP contribution in [0.2, 0.25) is 0 Å². The summed E-state index contributed by atoms with van der Waals surface area (Å²) in [6.07, 6.45) is 3.77. The quantitative estimate of drug-likeness (QED) is 0.543. The average molecular weight is 161 g/mol. The highest BCUT2D eigenvalue weighted by Crippen LogP contribution is 2.08. The minimum absolute atomic E-state index is 0.739. The SMILES string of the molecule is Cc1cccc(N/C=C/C=O)c1. The van der Waals surface area contributed by atoms with Gasteiger partial charge in [-0.1, -0.05) is 12.1 Å². The maximum atomic E-state index is 9.94. The fourth-order valence-electron chi connectivity index (χ4n) is 0.918. The van der Waals surface area contributed by atoms with Gasteiger partial charge < -0.3 is 5.32 Å². The number of allylic oxidation sites excluding steroid dienone is 1. The van der Waals surface area contributed by atoms with E-state index in [-0.39, 0.29) is 0 Å². The van der Waals surface area contributed by atoms with Gasteiger partial charge in [0.1, 0.15) is 6.29 Å². The van der Waals surface area contributed by atoms with Crippen molar-refractivity contribution in [2.24, 2.45) is 0 Å². The number of hydrogen-bond donors (Lipinski definition) is 1. The fraction of sp³-hybridized carbons (Fsp3) is 0.100. The second kappa shape index (κ2) is 4.34. The van der Waals surface area contributed by atoms with Gasteiger partial charge in [0.15, 0.2) is 0 Å². The number of carbonyl (C=O) groups is 1. The van der Waals surface area contributed by atoms with Crippen molar-refractivity contribution in [3.05, 3.63) is 42.1 Å². The molecule has 0 fully saturated rings. The maximum absolute atomic E-state index is 9.94. The largest absolute Gasteiger partial charge is 0.362 e. The topological polar surface area (TPSA) is 29.1 Å². The number of aryl methyl sites for hydroxylation is 1. The lowest BCUT2D eigenvalue weighted by molar-refractivity contribution is -0.104. The van der Waals surface area contributed by atoms with E-state index in [0.717, 1.165) is 12.0 Å². The van der Waals surface area contributed by atoms with Crippen LogP contribution in [-0.2, 0) is 4.79 Å². The first kappa shape index (κ1) is 8.53. The lowest BCUT2D eigenvalue weighted by Crippen LogP contribution is -1.87. The Morgan fingerprint density at radius 3 is 2.92 bits per heavy atom. The van der Waals surface area contributed by atoms with Crippen LogP contribution in [0.3, 0.4) is 0 Å². The van der Waals surface area contributed by atoms with Crippen LogP contribution in [0, 0.1) is 6.92 Å². The van der Waals surface area contributed by atoms with Gasteiger partial charge in [0, 0.05) is 11.9 Å². The van der Waals surface area contributed by atoms with Gasteiger partial charge in [-0.3, -0.25) is 4.79 Å². The lowest BCUT2D eigenvalue weighted by Gasteiger charge is -1.99. The third kappa shape index (κ3) is 2.58. The molecule has 1 rings (SSSR count). The Morgan fingerprint density at radius 1 is 1.42 bits per heavy atom. The summed E-state index contributed by atoms with van der Waals surface area (Å²) in [5.41, 5.74) is 2.19. The zero-order valence-corrected chi connectivity index (χ0v) is 6.95. The molecule has 0 spiro atoms. The summed E-state index contributed by atoms with van der Waals surface area (Å²) in [5, 5.41) is 2.97. The van der Waals surface area contributed by atoms with Crippen molar-refractivity contribution in [1.29, 1.82) is 0 Å². The number of rotatable bonds is 3. The number of carbonyl (C=O) groups excluding carboxylic acids is 1. The summed E-state index contributed by atoms with van der Waals surface area (Å²) in [7, 11) is 0. The molecule has 1 aromatic rings. The van der Waals surface area contributed by atoms with Gasteiger partial charge in [-0.05, 0) is 30.7 Å². The van der Waals surface area contributed by atoms with E-state index in [9.17, 15) is 4.79 Å². The molecule has 0 bridgehead atoms. The monoisotopic (exact) mass is 161 g/mol. The van der Waals surface area contributed by atoms with Gasteiger partial charge in [0.2, 0.25) is 0 Å². The Morgan fingerprint density at radius 2 is 2.25 bits per heavy atom. The Bertz CT molecular complexity index is 292. The normalized spacial score (nSPS) is 10.1. The van der Waals surface area contributed by atoms with Crippen LogP contribution in [0.4, 0.5) is 5.69 Å². The lowest BCUT2D eigenvalue weighted by atomic mass is 10.2. The molecule has 0 aliphatic rings. The molecule has 62 valence electrons. The summed E-state index contributed by atoms with van der Waals surface area (Å²) < 4.78 is 0. The molecule has 0 heterocycles. The van der Waals surface area contributed by atoms with E-state index in [0.29, 0.717) is 0 Å². The molecule has 0 saturated carbocycles. The highest BCUT2D eigenvalue weighted by atomic mass is 16.1. The minimum Gasteiger partial charge on any atom is -0.362 e. The van der Waals surface area contributed by atoms with Crippen molar-refractivity contribution >= 4 is 12.0 Å². The van der Waals surface area contributed by atoms with Crippen molar-refractivity contribution in [2.75, 3.05) is 5.32 Å². The van der Waals surface area contributed by atoms with Crippen LogP contribution < -0.4 is 5.32 Å². The van der Waals surface area contributed by atoms with Crippen LogP contribution in [0.1, 0.15) is 5.56 Å². The molecule has 0 aromatic heterocycles. The minimum atomic E-state index is 0.739. The summed E-state index contributed by atoms with van der Waals surface area (Å²) in [6, 6.07) is 7.94. The third-order valence-corrected chi connectivity index (χ3v) is 1.44. The molecule has 0 unspecified atom stereocenters. The number of benzene rings is 1. The van der Waals surface area contributed by atoms with Crippen LogP contribution >= 0.6 is 0 Å². The molecular formula is C10H11NO. The standard InChI is InChI=1S/C10H11NO/c1-9-4-2-5-10(8-9)11-6-3-7-12/h2-8,11H,1H3/b6-3+. The van der Waals surface area contributed by atoms with Crippen LogP contribution in [-0.4, -0.2) is 6.29 Å². The van der Waals surface area contributed by atoms with Crippen LogP contribution in [0.15, 0.2) is 36.5 Å². The number of anilines is 1. The van der Waals surface area contributed by atoms with E-state index in [2.05, 4.69) is 5.32 Å². The third-order valence-electron chi connectivity index (χ3n) is 1.44. The van der Waals surface area contributed by atoms with Gasteiger partial charge in [-0.25, -0.2) is 0 Å². The van der Waals surface area contributed by atoms with Gasteiger partial charge in [-0.2, -0.15) is 0 Å². The molecule has 2 nitrogen and oxygen atoms in total. The van der Waals surface area contributed by atoms with Crippen molar-refractivity contribution in [3.63, 3.8) is 0 Å². The zero-order chi connectivity index (χ0) is 8.81. The molecule has 1 N–H and O–H groups in total. The molecule has 1 aromatic carbocycles. The van der Waals surface area contributed by atoms with Crippen molar-refractivity contribution in [1.82, 2.24) is 0 Å². The summed E-state index contributed by atoms with van der Waals surface area (Å²) in [5.74, 6) is 0. The summed E-state index contributed by atoms with van der Waals surface area (Å²) in [4.78, 5) is 9.94. The first-order valence-corrected chi connectivity index (χ1v) is 3.76. The molecular weight excluding hydrogens is 150 g/mol. The van der Waals surface area contributed by atoms with Crippen LogP contribution in [0.25, 0.3) is 0 Å². The summed E-state index contributed by atoms with van der Waals surface area (Å²) >= 11 is 0. The predicted octanol–water partition coefficient (Wildman–Crippen LogP) is 2.12. The predicted molar refractivity (Wildman–Crippen MR) is 50.0 cm³/mol. The smallest absolute Gasteiger partial charge is 0.144 e. The van der Waals surface area contributed by atoms with Gasteiger partial charge in [0.25, 0.3) is 0 Å². The van der Waals surface area contributed by atoms with Crippen LogP contribution in [0.5, 0.6) is 0 Å². The maximum Gasteiger partial charge on any atom is 0.144 e. The Kier molecular flexibility index (Phi) is 3.08.